The van der Waals surface area contributed by atoms with Crippen LogP contribution in [0.15, 0.2) is 72.8 Å². The van der Waals surface area contributed by atoms with Crippen LogP contribution in [0, 0.1) is 0 Å². The van der Waals surface area contributed by atoms with Crippen molar-refractivity contribution in [1.29, 1.82) is 0 Å². The average Bonchev–Trinajstić information content (AvgIpc) is 2.74. The van der Waals surface area contributed by atoms with E-state index in [0.29, 0.717) is 28.7 Å². The fourth-order valence-electron chi connectivity index (χ4n) is 2.79. The SMILES string of the molecule is COc1ccc(-c2nc(-c3ccc(N)cc3)nc(-c3ccccc3O)n2)cc1. The Labute approximate surface area is 162 Å². The summed E-state index contributed by atoms with van der Waals surface area (Å²) in [5, 5.41) is 10.3. The van der Waals surface area contributed by atoms with Gasteiger partial charge in [-0.3, -0.25) is 0 Å². The van der Waals surface area contributed by atoms with Crippen molar-refractivity contribution in [3.05, 3.63) is 72.8 Å². The van der Waals surface area contributed by atoms with Gasteiger partial charge in [-0.2, -0.15) is 0 Å². The highest BCUT2D eigenvalue weighted by molar-refractivity contribution is 5.70. The first kappa shape index (κ1) is 17.5. The van der Waals surface area contributed by atoms with Gasteiger partial charge < -0.3 is 15.6 Å². The number of benzene rings is 3. The van der Waals surface area contributed by atoms with Crippen molar-refractivity contribution in [3.8, 4) is 45.7 Å². The number of aromatic nitrogens is 3. The maximum atomic E-state index is 10.3. The van der Waals surface area contributed by atoms with E-state index >= 15 is 0 Å². The molecule has 28 heavy (non-hydrogen) atoms. The van der Waals surface area contributed by atoms with E-state index in [-0.39, 0.29) is 5.75 Å². The third-order valence-electron chi connectivity index (χ3n) is 4.30. The molecule has 0 saturated carbocycles. The molecule has 4 aromatic rings. The second-order valence-corrected chi connectivity index (χ2v) is 6.17. The standard InChI is InChI=1S/C22H18N4O2/c1-28-17-12-8-15(9-13-17)21-24-20(14-6-10-16(23)11-7-14)25-22(26-21)18-4-2-3-5-19(18)27/h2-13,27H,23H2,1H3. The molecule has 0 radical (unpaired) electrons. The summed E-state index contributed by atoms with van der Waals surface area (Å²) in [6.07, 6.45) is 0. The van der Waals surface area contributed by atoms with Gasteiger partial charge in [0.25, 0.3) is 0 Å². The Morgan fingerprint density at radius 3 is 1.82 bits per heavy atom. The van der Waals surface area contributed by atoms with Crippen molar-refractivity contribution in [1.82, 2.24) is 15.0 Å². The number of para-hydroxylation sites is 1. The van der Waals surface area contributed by atoms with Crippen LogP contribution in [0.3, 0.4) is 0 Å². The molecule has 3 aromatic carbocycles. The zero-order valence-corrected chi connectivity index (χ0v) is 15.2. The molecule has 0 spiro atoms. The molecule has 1 heterocycles. The highest BCUT2D eigenvalue weighted by atomic mass is 16.5. The molecule has 0 bridgehead atoms. The number of methoxy groups -OCH3 is 1. The summed E-state index contributed by atoms with van der Waals surface area (Å²) in [4.78, 5) is 13.8. The molecule has 138 valence electrons. The van der Waals surface area contributed by atoms with Crippen LogP contribution < -0.4 is 10.5 Å². The van der Waals surface area contributed by atoms with Gasteiger partial charge in [0.05, 0.1) is 12.7 Å². The van der Waals surface area contributed by atoms with Gasteiger partial charge in [-0.15, -0.1) is 0 Å². The molecule has 0 saturated heterocycles. The molecule has 0 aliphatic heterocycles. The molecule has 0 aliphatic rings. The van der Waals surface area contributed by atoms with Gasteiger partial charge in [-0.05, 0) is 60.7 Å². The lowest BCUT2D eigenvalue weighted by atomic mass is 10.1. The number of phenols is 1. The van der Waals surface area contributed by atoms with Gasteiger partial charge in [-0.1, -0.05) is 12.1 Å². The van der Waals surface area contributed by atoms with Crippen molar-refractivity contribution < 1.29 is 9.84 Å². The number of rotatable bonds is 4. The Bertz CT molecular complexity index is 1110. The summed E-state index contributed by atoms with van der Waals surface area (Å²) in [5.41, 5.74) is 8.62. The van der Waals surface area contributed by atoms with Crippen LogP contribution in [0.2, 0.25) is 0 Å². The number of anilines is 1. The molecule has 0 amide bonds. The first-order valence-corrected chi connectivity index (χ1v) is 8.69. The zero-order chi connectivity index (χ0) is 19.5. The van der Waals surface area contributed by atoms with Gasteiger partial charge in [0.15, 0.2) is 17.5 Å². The molecule has 0 fully saturated rings. The molecule has 4 rings (SSSR count). The van der Waals surface area contributed by atoms with Gasteiger partial charge in [0.2, 0.25) is 0 Å². The number of nitrogens with two attached hydrogens (primary N) is 1. The van der Waals surface area contributed by atoms with Crippen molar-refractivity contribution in [2.24, 2.45) is 0 Å². The normalized spacial score (nSPS) is 10.6. The fraction of sp³-hybridized carbons (Fsp3) is 0.0455. The zero-order valence-electron chi connectivity index (χ0n) is 15.2. The largest absolute Gasteiger partial charge is 0.507 e. The van der Waals surface area contributed by atoms with E-state index in [4.69, 9.17) is 10.5 Å². The van der Waals surface area contributed by atoms with Gasteiger partial charge in [-0.25, -0.2) is 15.0 Å². The third-order valence-corrected chi connectivity index (χ3v) is 4.30. The lowest BCUT2D eigenvalue weighted by Crippen LogP contribution is -2.00. The number of ether oxygens (including phenoxy) is 1. The average molecular weight is 370 g/mol. The van der Waals surface area contributed by atoms with Gasteiger partial charge >= 0.3 is 0 Å². The summed E-state index contributed by atoms with van der Waals surface area (Å²) >= 11 is 0. The molecule has 6 heteroatoms. The van der Waals surface area contributed by atoms with E-state index in [1.54, 1.807) is 37.4 Å². The van der Waals surface area contributed by atoms with E-state index in [1.165, 1.54) is 0 Å². The Hall–Kier alpha value is -3.93. The van der Waals surface area contributed by atoms with Crippen LogP contribution in [0.5, 0.6) is 11.5 Å². The van der Waals surface area contributed by atoms with Crippen LogP contribution in [0.4, 0.5) is 5.69 Å². The fourth-order valence-corrected chi connectivity index (χ4v) is 2.79. The quantitative estimate of drug-likeness (QED) is 0.524. The maximum Gasteiger partial charge on any atom is 0.167 e. The van der Waals surface area contributed by atoms with Crippen molar-refractivity contribution in [3.63, 3.8) is 0 Å². The summed E-state index contributed by atoms with van der Waals surface area (Å²) < 4.78 is 5.22. The van der Waals surface area contributed by atoms with Gasteiger partial charge in [0.1, 0.15) is 11.5 Å². The molecule has 0 aliphatic carbocycles. The van der Waals surface area contributed by atoms with Gasteiger partial charge in [0, 0.05) is 16.8 Å². The molecule has 6 nitrogen and oxygen atoms in total. The monoisotopic (exact) mass is 370 g/mol. The topological polar surface area (TPSA) is 94.2 Å². The number of aromatic hydroxyl groups is 1. The van der Waals surface area contributed by atoms with Crippen LogP contribution >= 0.6 is 0 Å². The van der Waals surface area contributed by atoms with Crippen molar-refractivity contribution in [2.45, 2.75) is 0 Å². The Morgan fingerprint density at radius 1 is 0.714 bits per heavy atom. The Balaban J connectivity index is 1.89. The minimum Gasteiger partial charge on any atom is -0.507 e. The Morgan fingerprint density at radius 2 is 1.25 bits per heavy atom. The minimum atomic E-state index is 0.109. The Kier molecular flexibility index (Phi) is 4.60. The first-order chi connectivity index (χ1) is 13.6. The number of phenolic OH excluding ortho intramolecular Hbond substituents is 1. The number of hydrogen-bond acceptors (Lipinski definition) is 6. The second-order valence-electron chi connectivity index (χ2n) is 6.17. The van der Waals surface area contributed by atoms with Crippen LogP contribution in [0.25, 0.3) is 34.2 Å². The molecule has 3 N–H and O–H groups in total. The number of nitrogen functional groups attached to an aromatic ring is 1. The van der Waals surface area contributed by atoms with Crippen LogP contribution in [-0.2, 0) is 0 Å². The maximum absolute atomic E-state index is 10.3. The predicted octanol–water partition coefficient (Wildman–Crippen LogP) is 4.17. The summed E-state index contributed by atoms with van der Waals surface area (Å²) in [7, 11) is 1.62. The van der Waals surface area contributed by atoms with Crippen molar-refractivity contribution in [2.75, 3.05) is 12.8 Å². The van der Waals surface area contributed by atoms with E-state index in [9.17, 15) is 5.11 Å². The van der Waals surface area contributed by atoms with E-state index in [1.807, 2.05) is 42.5 Å². The second kappa shape index (κ2) is 7.36. The van der Waals surface area contributed by atoms with E-state index in [0.717, 1.165) is 16.9 Å². The van der Waals surface area contributed by atoms with E-state index < -0.39 is 0 Å². The molecular weight excluding hydrogens is 352 g/mol. The molecule has 0 unspecified atom stereocenters. The summed E-state index contributed by atoms with van der Waals surface area (Å²) in [6, 6.07) is 21.7. The van der Waals surface area contributed by atoms with Crippen LogP contribution in [-0.4, -0.2) is 27.2 Å². The smallest absolute Gasteiger partial charge is 0.167 e. The molecular formula is C22H18N4O2. The lowest BCUT2D eigenvalue weighted by Gasteiger charge is -2.09. The minimum absolute atomic E-state index is 0.109. The molecule has 0 atom stereocenters. The first-order valence-electron chi connectivity index (χ1n) is 8.69. The van der Waals surface area contributed by atoms with E-state index in [2.05, 4.69) is 15.0 Å². The number of nitrogens with zero attached hydrogens (tertiary/aromatic N) is 3. The molecule has 1 aromatic heterocycles. The lowest BCUT2D eigenvalue weighted by molar-refractivity contribution is 0.415. The predicted molar refractivity (Wildman–Crippen MR) is 109 cm³/mol. The highest BCUT2D eigenvalue weighted by Crippen LogP contribution is 2.30. The summed E-state index contributed by atoms with van der Waals surface area (Å²) in [6.45, 7) is 0. The highest BCUT2D eigenvalue weighted by Gasteiger charge is 2.14. The summed E-state index contributed by atoms with van der Waals surface area (Å²) in [5.74, 6) is 2.25. The third kappa shape index (κ3) is 3.48. The van der Waals surface area contributed by atoms with Crippen molar-refractivity contribution >= 4 is 5.69 Å². The number of hydrogen-bond donors (Lipinski definition) is 2. The van der Waals surface area contributed by atoms with Crippen LogP contribution in [0.1, 0.15) is 0 Å².